The van der Waals surface area contributed by atoms with Crippen molar-refractivity contribution in [3.63, 3.8) is 0 Å². The average molecular weight is 249 g/mol. The van der Waals surface area contributed by atoms with Crippen molar-refractivity contribution >= 4 is 0 Å². The molecule has 0 radical (unpaired) electrons. The predicted octanol–water partition coefficient (Wildman–Crippen LogP) is 1.97. The summed E-state index contributed by atoms with van der Waals surface area (Å²) < 4.78 is 10.7. The summed E-state index contributed by atoms with van der Waals surface area (Å²) in [4.78, 5) is 0. The Kier molecular flexibility index (Phi) is 5.17. The summed E-state index contributed by atoms with van der Waals surface area (Å²) in [5, 5.41) is 3.39. The van der Waals surface area contributed by atoms with Gasteiger partial charge in [-0.15, -0.1) is 0 Å². The highest BCUT2D eigenvalue weighted by atomic mass is 16.5. The van der Waals surface area contributed by atoms with Gasteiger partial charge < -0.3 is 14.8 Å². The maximum Gasteiger partial charge on any atom is 0.0487 e. The minimum absolute atomic E-state index is 0.294. The smallest absolute Gasteiger partial charge is 0.0487 e. The number of methoxy groups -OCH3 is 1. The van der Waals surface area contributed by atoms with Crippen molar-refractivity contribution in [3.05, 3.63) is 35.9 Å². The molecule has 100 valence electrons. The number of ether oxygens (including phenoxy) is 2. The SMILES string of the molecule is COCCCOCCC1(c2ccccc2)CNC1. The largest absolute Gasteiger partial charge is 0.385 e. The number of hydrogen-bond acceptors (Lipinski definition) is 3. The molecule has 1 aromatic carbocycles. The molecule has 1 heterocycles. The third-order valence-corrected chi connectivity index (χ3v) is 3.68. The molecule has 1 aromatic rings. The molecule has 0 bridgehead atoms. The molecule has 0 saturated carbocycles. The van der Waals surface area contributed by atoms with Crippen molar-refractivity contribution in [2.45, 2.75) is 18.3 Å². The second-order valence-corrected chi connectivity index (χ2v) is 4.96. The van der Waals surface area contributed by atoms with Crippen LogP contribution in [0, 0.1) is 0 Å². The van der Waals surface area contributed by atoms with Crippen molar-refractivity contribution in [2.24, 2.45) is 0 Å². The highest BCUT2D eigenvalue weighted by molar-refractivity contribution is 5.29. The Balaban J connectivity index is 1.76. The summed E-state index contributed by atoms with van der Waals surface area (Å²) in [6, 6.07) is 10.8. The topological polar surface area (TPSA) is 30.5 Å². The number of hydrogen-bond donors (Lipinski definition) is 1. The van der Waals surface area contributed by atoms with Crippen LogP contribution in [-0.2, 0) is 14.9 Å². The van der Waals surface area contributed by atoms with E-state index in [1.807, 2.05) is 0 Å². The van der Waals surface area contributed by atoms with Gasteiger partial charge in [0.25, 0.3) is 0 Å². The number of benzene rings is 1. The van der Waals surface area contributed by atoms with Crippen molar-refractivity contribution in [1.29, 1.82) is 0 Å². The fourth-order valence-corrected chi connectivity index (χ4v) is 2.42. The maximum atomic E-state index is 5.68. The molecule has 1 saturated heterocycles. The minimum Gasteiger partial charge on any atom is -0.385 e. The van der Waals surface area contributed by atoms with E-state index in [0.717, 1.165) is 45.8 Å². The summed E-state index contributed by atoms with van der Waals surface area (Å²) in [6.07, 6.45) is 2.07. The molecule has 0 aromatic heterocycles. The molecule has 0 spiro atoms. The standard InChI is InChI=1S/C15H23NO2/c1-17-9-5-10-18-11-8-15(12-16-13-15)14-6-3-2-4-7-14/h2-4,6-7,16H,5,8-13H2,1H3. The van der Waals surface area contributed by atoms with Gasteiger partial charge in [0.2, 0.25) is 0 Å². The zero-order valence-corrected chi connectivity index (χ0v) is 11.2. The van der Waals surface area contributed by atoms with Crippen LogP contribution in [0.15, 0.2) is 30.3 Å². The molecule has 1 fully saturated rings. The minimum atomic E-state index is 0.294. The van der Waals surface area contributed by atoms with Gasteiger partial charge >= 0.3 is 0 Å². The molecule has 18 heavy (non-hydrogen) atoms. The molecule has 1 aliphatic rings. The van der Waals surface area contributed by atoms with Gasteiger partial charge in [0.05, 0.1) is 0 Å². The van der Waals surface area contributed by atoms with Gasteiger partial charge in [0, 0.05) is 45.4 Å². The summed E-state index contributed by atoms with van der Waals surface area (Å²) in [5.74, 6) is 0. The second kappa shape index (κ2) is 6.88. The highest BCUT2D eigenvalue weighted by Crippen LogP contribution is 2.31. The molecular formula is C15H23NO2. The molecular weight excluding hydrogens is 226 g/mol. The Hall–Kier alpha value is -0.900. The monoisotopic (exact) mass is 249 g/mol. The van der Waals surface area contributed by atoms with Crippen molar-refractivity contribution in [2.75, 3.05) is 40.0 Å². The fourth-order valence-electron chi connectivity index (χ4n) is 2.42. The first-order chi connectivity index (χ1) is 8.87. The van der Waals surface area contributed by atoms with Crippen molar-refractivity contribution in [3.8, 4) is 0 Å². The van der Waals surface area contributed by atoms with Gasteiger partial charge in [-0.2, -0.15) is 0 Å². The predicted molar refractivity (Wildman–Crippen MR) is 72.9 cm³/mol. The van der Waals surface area contributed by atoms with E-state index in [0.29, 0.717) is 5.41 Å². The number of rotatable bonds is 8. The van der Waals surface area contributed by atoms with Crippen LogP contribution >= 0.6 is 0 Å². The molecule has 0 atom stereocenters. The van der Waals surface area contributed by atoms with Gasteiger partial charge in [0.15, 0.2) is 0 Å². The van der Waals surface area contributed by atoms with Crippen LogP contribution in [0.4, 0.5) is 0 Å². The first-order valence-corrected chi connectivity index (χ1v) is 6.70. The van der Waals surface area contributed by atoms with Crippen LogP contribution in [0.1, 0.15) is 18.4 Å². The molecule has 3 heteroatoms. The lowest BCUT2D eigenvalue weighted by Gasteiger charge is -2.43. The van der Waals surface area contributed by atoms with E-state index >= 15 is 0 Å². The zero-order chi connectivity index (χ0) is 12.7. The first-order valence-electron chi connectivity index (χ1n) is 6.70. The van der Waals surface area contributed by atoms with E-state index in [1.165, 1.54) is 5.56 Å². The Morgan fingerprint density at radius 3 is 2.50 bits per heavy atom. The van der Waals surface area contributed by atoms with E-state index in [4.69, 9.17) is 9.47 Å². The van der Waals surface area contributed by atoms with Gasteiger partial charge in [-0.25, -0.2) is 0 Å². The third kappa shape index (κ3) is 3.31. The Labute approximate surface area is 109 Å². The van der Waals surface area contributed by atoms with E-state index in [9.17, 15) is 0 Å². The lowest BCUT2D eigenvalue weighted by molar-refractivity contribution is 0.0805. The summed E-state index contributed by atoms with van der Waals surface area (Å²) in [5.41, 5.74) is 1.73. The second-order valence-electron chi connectivity index (χ2n) is 4.96. The van der Waals surface area contributed by atoms with E-state index in [2.05, 4.69) is 35.6 Å². The van der Waals surface area contributed by atoms with Crippen LogP contribution in [0.25, 0.3) is 0 Å². The highest BCUT2D eigenvalue weighted by Gasteiger charge is 2.37. The van der Waals surface area contributed by atoms with E-state index < -0.39 is 0 Å². The van der Waals surface area contributed by atoms with Gasteiger partial charge in [-0.1, -0.05) is 30.3 Å². The zero-order valence-electron chi connectivity index (χ0n) is 11.2. The third-order valence-electron chi connectivity index (χ3n) is 3.68. The first kappa shape index (κ1) is 13.5. The normalized spacial score (nSPS) is 17.4. The number of nitrogens with one attached hydrogen (secondary N) is 1. The fraction of sp³-hybridized carbons (Fsp3) is 0.600. The van der Waals surface area contributed by atoms with E-state index in [-0.39, 0.29) is 0 Å². The summed E-state index contributed by atoms with van der Waals surface area (Å²) in [7, 11) is 1.73. The van der Waals surface area contributed by atoms with E-state index in [1.54, 1.807) is 7.11 Å². The van der Waals surface area contributed by atoms with Gasteiger partial charge in [0.1, 0.15) is 0 Å². The Morgan fingerprint density at radius 2 is 1.89 bits per heavy atom. The quantitative estimate of drug-likeness (QED) is 0.715. The molecule has 0 amide bonds. The molecule has 1 aliphatic heterocycles. The van der Waals surface area contributed by atoms with Crippen molar-refractivity contribution < 1.29 is 9.47 Å². The Bertz CT molecular complexity index is 336. The Morgan fingerprint density at radius 1 is 1.11 bits per heavy atom. The van der Waals surface area contributed by atoms with Crippen LogP contribution < -0.4 is 5.32 Å². The maximum absolute atomic E-state index is 5.68. The molecule has 0 aliphatic carbocycles. The van der Waals surface area contributed by atoms with Crippen LogP contribution in [-0.4, -0.2) is 40.0 Å². The van der Waals surface area contributed by atoms with Gasteiger partial charge in [-0.05, 0) is 18.4 Å². The lowest BCUT2D eigenvalue weighted by atomic mass is 9.73. The van der Waals surface area contributed by atoms with Crippen LogP contribution in [0.5, 0.6) is 0 Å². The van der Waals surface area contributed by atoms with Crippen molar-refractivity contribution in [1.82, 2.24) is 5.32 Å². The molecule has 3 nitrogen and oxygen atoms in total. The van der Waals surface area contributed by atoms with Crippen LogP contribution in [0.2, 0.25) is 0 Å². The van der Waals surface area contributed by atoms with Gasteiger partial charge in [-0.3, -0.25) is 0 Å². The molecule has 0 unspecified atom stereocenters. The lowest BCUT2D eigenvalue weighted by Crippen LogP contribution is -2.57. The summed E-state index contributed by atoms with van der Waals surface area (Å²) in [6.45, 7) is 4.55. The molecule has 1 N–H and O–H groups in total. The average Bonchev–Trinajstić information content (AvgIpc) is 2.37. The summed E-state index contributed by atoms with van der Waals surface area (Å²) >= 11 is 0. The van der Waals surface area contributed by atoms with Crippen LogP contribution in [0.3, 0.4) is 0 Å². The molecule has 2 rings (SSSR count).